The average Bonchev–Trinajstić information content (AvgIpc) is 2.94. The van der Waals surface area contributed by atoms with Gasteiger partial charge in [0.25, 0.3) is 10.0 Å². The Labute approximate surface area is 226 Å². The van der Waals surface area contributed by atoms with E-state index in [-0.39, 0.29) is 40.3 Å². The van der Waals surface area contributed by atoms with Crippen LogP contribution in [0.2, 0.25) is 5.02 Å². The van der Waals surface area contributed by atoms with E-state index >= 15 is 0 Å². The maximum atomic E-state index is 13.9. The van der Waals surface area contributed by atoms with Gasteiger partial charge in [-0.15, -0.1) is 0 Å². The minimum absolute atomic E-state index is 0.0936. The number of methoxy groups -OCH3 is 3. The van der Waals surface area contributed by atoms with Gasteiger partial charge in [-0.05, 0) is 42.5 Å². The normalized spacial score (nSPS) is 14.4. The summed E-state index contributed by atoms with van der Waals surface area (Å²) in [5, 5.41) is 3.00. The maximum Gasteiger partial charge on any atom is 0.265 e. The van der Waals surface area contributed by atoms with E-state index in [0.29, 0.717) is 17.2 Å². The molecule has 4 rings (SSSR count). The minimum atomic E-state index is -4.30. The van der Waals surface area contributed by atoms with E-state index in [2.05, 4.69) is 5.32 Å². The summed E-state index contributed by atoms with van der Waals surface area (Å²) in [6.45, 7) is -0.227. The lowest BCUT2D eigenvalue weighted by Crippen LogP contribution is -2.45. The summed E-state index contributed by atoms with van der Waals surface area (Å²) < 4.78 is 56.1. The number of rotatable bonds is 10. The molecule has 0 saturated carbocycles. The number of hydrogen-bond donors (Lipinski definition) is 1. The molecule has 0 bridgehead atoms. The molecule has 0 aromatic heterocycles. The van der Waals surface area contributed by atoms with Crippen molar-refractivity contribution in [2.45, 2.75) is 11.0 Å². The Hall–Kier alpha value is -3.83. The van der Waals surface area contributed by atoms with Crippen LogP contribution in [0.1, 0.15) is 0 Å². The molecule has 1 N–H and O–H groups in total. The summed E-state index contributed by atoms with van der Waals surface area (Å²) in [5.41, 5.74) is 0.0936. The van der Waals surface area contributed by atoms with Gasteiger partial charge in [0.2, 0.25) is 5.91 Å². The zero-order valence-corrected chi connectivity index (χ0v) is 22.5. The number of para-hydroxylation sites is 2. The first-order valence-corrected chi connectivity index (χ1v) is 13.3. The molecule has 0 saturated heterocycles. The number of amides is 1. The highest BCUT2D eigenvalue weighted by atomic mass is 35.5. The summed E-state index contributed by atoms with van der Waals surface area (Å²) in [6.07, 6.45) is -0.453. The topological polar surface area (TPSA) is 113 Å². The zero-order chi connectivity index (χ0) is 27.3. The number of sulfonamides is 1. The molecule has 1 aliphatic rings. The van der Waals surface area contributed by atoms with Gasteiger partial charge < -0.3 is 29.0 Å². The SMILES string of the molecule is COc1ccc(S(=O)(=O)N(CC(=O)NC[C@@H]2COc3ccccc3O2)c2cc(Cl)ccc2OC)cc1OC. The third kappa shape index (κ3) is 5.84. The first-order chi connectivity index (χ1) is 18.3. The van der Waals surface area contributed by atoms with Crippen molar-refractivity contribution >= 4 is 33.2 Å². The molecule has 1 heterocycles. The monoisotopic (exact) mass is 562 g/mol. The second-order valence-electron chi connectivity index (χ2n) is 8.15. The van der Waals surface area contributed by atoms with Gasteiger partial charge in [-0.25, -0.2) is 8.42 Å². The number of halogens is 1. The molecule has 1 atom stereocenters. The van der Waals surface area contributed by atoms with Gasteiger partial charge >= 0.3 is 0 Å². The van der Waals surface area contributed by atoms with Crippen LogP contribution in [0.5, 0.6) is 28.7 Å². The highest BCUT2D eigenvalue weighted by molar-refractivity contribution is 7.92. The summed E-state index contributed by atoms with van der Waals surface area (Å²) in [7, 11) is -0.0605. The van der Waals surface area contributed by atoms with E-state index in [0.717, 1.165) is 4.31 Å². The van der Waals surface area contributed by atoms with Crippen LogP contribution < -0.4 is 33.3 Å². The molecular weight excluding hydrogens is 536 g/mol. The van der Waals surface area contributed by atoms with Crippen LogP contribution in [0.15, 0.2) is 65.6 Å². The predicted molar refractivity (Wildman–Crippen MR) is 141 cm³/mol. The summed E-state index contributed by atoms with van der Waals surface area (Å²) in [5.74, 6) is 1.40. The van der Waals surface area contributed by atoms with Crippen LogP contribution in [0, 0.1) is 0 Å². The number of carbonyl (C=O) groups excluding carboxylic acids is 1. The van der Waals surface area contributed by atoms with Crippen molar-refractivity contribution in [3.05, 3.63) is 65.7 Å². The molecule has 202 valence electrons. The van der Waals surface area contributed by atoms with Crippen molar-refractivity contribution < 1.29 is 36.9 Å². The number of anilines is 1. The molecule has 12 heteroatoms. The lowest BCUT2D eigenvalue weighted by molar-refractivity contribution is -0.120. The van der Waals surface area contributed by atoms with Gasteiger partial charge in [0, 0.05) is 11.1 Å². The number of benzene rings is 3. The molecule has 3 aromatic rings. The van der Waals surface area contributed by atoms with Crippen LogP contribution in [-0.2, 0) is 14.8 Å². The average molecular weight is 563 g/mol. The zero-order valence-electron chi connectivity index (χ0n) is 21.0. The van der Waals surface area contributed by atoms with Crippen LogP contribution in [0.3, 0.4) is 0 Å². The van der Waals surface area contributed by atoms with Crippen molar-refractivity contribution in [2.24, 2.45) is 0 Å². The predicted octanol–water partition coefficient (Wildman–Crippen LogP) is 3.52. The second kappa shape index (κ2) is 11.7. The van der Waals surface area contributed by atoms with Gasteiger partial charge in [-0.2, -0.15) is 0 Å². The molecule has 0 spiro atoms. The quantitative estimate of drug-likeness (QED) is 0.399. The lowest BCUT2D eigenvalue weighted by atomic mass is 10.2. The van der Waals surface area contributed by atoms with Crippen molar-refractivity contribution in [1.82, 2.24) is 5.32 Å². The van der Waals surface area contributed by atoms with E-state index in [1.54, 1.807) is 18.2 Å². The number of fused-ring (bicyclic) bond motifs is 1. The van der Waals surface area contributed by atoms with Gasteiger partial charge in [0.1, 0.15) is 25.0 Å². The lowest BCUT2D eigenvalue weighted by Gasteiger charge is -2.28. The summed E-state index contributed by atoms with van der Waals surface area (Å²) >= 11 is 6.20. The smallest absolute Gasteiger partial charge is 0.265 e. The largest absolute Gasteiger partial charge is 0.495 e. The summed E-state index contributed by atoms with van der Waals surface area (Å²) in [6, 6.07) is 15.9. The Morgan fingerprint density at radius 3 is 2.37 bits per heavy atom. The van der Waals surface area contributed by atoms with Gasteiger partial charge in [0.15, 0.2) is 23.0 Å². The van der Waals surface area contributed by atoms with Crippen LogP contribution >= 0.6 is 11.6 Å². The Balaban J connectivity index is 1.60. The Morgan fingerprint density at radius 1 is 0.974 bits per heavy atom. The third-order valence-corrected chi connectivity index (χ3v) is 7.73. The van der Waals surface area contributed by atoms with E-state index in [4.69, 9.17) is 35.3 Å². The number of nitrogens with one attached hydrogen (secondary N) is 1. The van der Waals surface area contributed by atoms with Gasteiger partial charge in [-0.3, -0.25) is 9.10 Å². The van der Waals surface area contributed by atoms with E-state index < -0.39 is 28.6 Å². The van der Waals surface area contributed by atoms with Gasteiger partial charge in [0.05, 0.1) is 38.5 Å². The molecule has 1 amide bonds. The fourth-order valence-corrected chi connectivity index (χ4v) is 5.45. The van der Waals surface area contributed by atoms with Crippen LogP contribution in [0.4, 0.5) is 5.69 Å². The van der Waals surface area contributed by atoms with Crippen molar-refractivity contribution in [1.29, 1.82) is 0 Å². The van der Waals surface area contributed by atoms with Crippen molar-refractivity contribution in [3.63, 3.8) is 0 Å². The first kappa shape index (κ1) is 27.2. The Kier molecular flexibility index (Phi) is 8.38. The molecule has 3 aromatic carbocycles. The standard InChI is InChI=1S/C26H27ClN2O8S/c1-33-21-10-8-17(27)12-20(21)29(38(31,32)19-9-11-22(34-2)25(13-19)35-3)15-26(30)28-14-18-16-36-23-6-4-5-7-24(23)37-18/h4-13,18H,14-16H2,1-3H3,(H,28,30)/t18-/m1/s1. The van der Waals surface area contributed by atoms with E-state index in [1.165, 1.54) is 51.7 Å². The number of carbonyl (C=O) groups is 1. The van der Waals surface area contributed by atoms with Crippen LogP contribution in [0.25, 0.3) is 0 Å². The van der Waals surface area contributed by atoms with E-state index in [9.17, 15) is 13.2 Å². The molecule has 1 aliphatic heterocycles. The molecule has 0 unspecified atom stereocenters. The molecular formula is C26H27ClN2O8S. The molecule has 38 heavy (non-hydrogen) atoms. The molecule has 0 radical (unpaired) electrons. The number of hydrogen-bond acceptors (Lipinski definition) is 8. The number of ether oxygens (including phenoxy) is 5. The molecule has 0 aliphatic carbocycles. The first-order valence-electron chi connectivity index (χ1n) is 11.5. The molecule has 10 nitrogen and oxygen atoms in total. The molecule has 0 fully saturated rings. The Morgan fingerprint density at radius 2 is 1.66 bits per heavy atom. The highest BCUT2D eigenvalue weighted by Crippen LogP contribution is 2.37. The van der Waals surface area contributed by atoms with Crippen molar-refractivity contribution in [3.8, 4) is 28.7 Å². The number of nitrogens with zero attached hydrogens (tertiary/aromatic N) is 1. The fourth-order valence-electron chi connectivity index (χ4n) is 3.84. The van der Waals surface area contributed by atoms with Crippen molar-refractivity contribution in [2.75, 3.05) is 45.3 Å². The fraction of sp³-hybridized carbons (Fsp3) is 0.269. The highest BCUT2D eigenvalue weighted by Gasteiger charge is 2.31. The van der Waals surface area contributed by atoms with Crippen LogP contribution in [-0.4, -0.2) is 61.5 Å². The van der Waals surface area contributed by atoms with Gasteiger partial charge in [-0.1, -0.05) is 23.7 Å². The maximum absolute atomic E-state index is 13.9. The summed E-state index contributed by atoms with van der Waals surface area (Å²) in [4.78, 5) is 12.9. The van der Waals surface area contributed by atoms with E-state index in [1.807, 2.05) is 12.1 Å². The Bertz CT molecular complexity index is 1420. The third-order valence-electron chi connectivity index (χ3n) is 5.73. The minimum Gasteiger partial charge on any atom is -0.495 e. The second-order valence-corrected chi connectivity index (χ2v) is 10.4.